The van der Waals surface area contributed by atoms with Crippen molar-refractivity contribution in [3.8, 4) is 11.5 Å². The molecule has 0 aliphatic carbocycles. The smallest absolute Gasteiger partial charge is 0.250 e. The van der Waals surface area contributed by atoms with Crippen molar-refractivity contribution in [1.29, 1.82) is 0 Å². The van der Waals surface area contributed by atoms with Crippen molar-refractivity contribution in [1.82, 2.24) is 15.2 Å². The molecule has 1 aromatic heterocycles. The van der Waals surface area contributed by atoms with Gasteiger partial charge in [-0.3, -0.25) is 9.79 Å². The molecule has 2 rings (SSSR count). The van der Waals surface area contributed by atoms with Gasteiger partial charge in [-0.25, -0.2) is 0 Å². The van der Waals surface area contributed by atoms with Crippen LogP contribution in [-0.4, -0.2) is 38.3 Å². The van der Waals surface area contributed by atoms with E-state index in [-0.39, 0.29) is 5.56 Å². The van der Waals surface area contributed by atoms with Crippen LogP contribution in [0.3, 0.4) is 0 Å². The largest absolute Gasteiger partial charge is 0.497 e. The molecule has 1 aromatic carbocycles. The fourth-order valence-corrected chi connectivity index (χ4v) is 2.91. The number of nitrogens with zero attached hydrogens (tertiary/aromatic N) is 2. The summed E-state index contributed by atoms with van der Waals surface area (Å²) in [5.74, 6) is 2.26. The lowest BCUT2D eigenvalue weighted by molar-refractivity contribution is 0.390. The Bertz CT molecular complexity index is 846. The highest BCUT2D eigenvalue weighted by atomic mass is 16.5. The van der Waals surface area contributed by atoms with Crippen molar-refractivity contribution >= 4 is 5.96 Å². The lowest BCUT2D eigenvalue weighted by atomic mass is 10.2. The lowest BCUT2D eigenvalue weighted by Crippen LogP contribution is -2.37. The Hall–Kier alpha value is -2.96. The van der Waals surface area contributed by atoms with Crippen molar-refractivity contribution in [3.63, 3.8) is 0 Å². The molecule has 0 saturated carbocycles. The molecule has 0 saturated heterocycles. The zero-order valence-corrected chi connectivity index (χ0v) is 17.1. The van der Waals surface area contributed by atoms with Gasteiger partial charge in [-0.05, 0) is 38.0 Å². The Kier molecular flexibility index (Phi) is 8.39. The second-order valence-electron chi connectivity index (χ2n) is 6.39. The van der Waals surface area contributed by atoms with Gasteiger partial charge in [0.15, 0.2) is 5.96 Å². The highest BCUT2D eigenvalue weighted by Gasteiger charge is 2.06. The first kappa shape index (κ1) is 21.3. The number of unbranched alkanes of at least 4 members (excludes halogenated alkanes) is 1. The normalized spacial score (nSPS) is 11.2. The second-order valence-corrected chi connectivity index (χ2v) is 6.39. The first-order chi connectivity index (χ1) is 13.6. The van der Waals surface area contributed by atoms with Crippen LogP contribution in [-0.2, 0) is 13.1 Å². The molecule has 0 unspecified atom stereocenters. The molecule has 0 radical (unpaired) electrons. The maximum atomic E-state index is 11.9. The van der Waals surface area contributed by atoms with Crippen molar-refractivity contribution < 1.29 is 9.47 Å². The summed E-state index contributed by atoms with van der Waals surface area (Å²) in [7, 11) is 5.02. The van der Waals surface area contributed by atoms with E-state index in [1.165, 1.54) is 0 Å². The molecule has 0 aliphatic heterocycles. The summed E-state index contributed by atoms with van der Waals surface area (Å²) in [4.78, 5) is 16.1. The van der Waals surface area contributed by atoms with Gasteiger partial charge >= 0.3 is 0 Å². The third kappa shape index (κ3) is 6.04. The van der Waals surface area contributed by atoms with Crippen LogP contribution < -0.4 is 25.7 Å². The van der Waals surface area contributed by atoms with Gasteiger partial charge in [-0.15, -0.1) is 0 Å². The molecule has 0 aliphatic rings. The van der Waals surface area contributed by atoms with E-state index in [4.69, 9.17) is 9.47 Å². The van der Waals surface area contributed by atoms with E-state index in [1.54, 1.807) is 33.4 Å². The van der Waals surface area contributed by atoms with Gasteiger partial charge in [-0.1, -0.05) is 6.07 Å². The summed E-state index contributed by atoms with van der Waals surface area (Å²) < 4.78 is 12.5. The Morgan fingerprint density at radius 2 is 1.93 bits per heavy atom. The molecule has 152 valence electrons. The second kappa shape index (κ2) is 11.0. The minimum absolute atomic E-state index is 0.0545. The predicted molar refractivity (Wildman–Crippen MR) is 112 cm³/mol. The van der Waals surface area contributed by atoms with Crippen LogP contribution in [0.2, 0.25) is 0 Å². The molecule has 0 spiro atoms. The number of aryl methyl sites for hydroxylation is 1. The molecular formula is C21H30N4O3. The lowest BCUT2D eigenvalue weighted by Gasteiger charge is -2.15. The van der Waals surface area contributed by atoms with Crippen molar-refractivity contribution in [2.45, 2.75) is 32.9 Å². The Morgan fingerprint density at radius 3 is 2.61 bits per heavy atom. The molecule has 0 bridgehead atoms. The summed E-state index contributed by atoms with van der Waals surface area (Å²) in [6.45, 7) is 4.05. The van der Waals surface area contributed by atoms with E-state index in [1.807, 2.05) is 35.8 Å². The first-order valence-corrected chi connectivity index (χ1v) is 9.41. The quantitative estimate of drug-likeness (QED) is 0.393. The predicted octanol–water partition coefficient (Wildman–Crippen LogP) is 2.32. The molecule has 28 heavy (non-hydrogen) atoms. The zero-order valence-electron chi connectivity index (χ0n) is 17.1. The molecule has 0 atom stereocenters. The SMILES string of the molecule is CN=C(NCCCCn1c(C)cccc1=O)NCc1ccc(OC)cc1OC. The van der Waals surface area contributed by atoms with Gasteiger partial charge in [0, 0.05) is 50.1 Å². The van der Waals surface area contributed by atoms with E-state index in [9.17, 15) is 4.79 Å². The number of guanidine groups is 1. The Balaban J connectivity index is 1.77. The topological polar surface area (TPSA) is 76.9 Å². The molecular weight excluding hydrogens is 356 g/mol. The third-order valence-electron chi connectivity index (χ3n) is 4.53. The van der Waals surface area contributed by atoms with Gasteiger partial charge in [0.05, 0.1) is 14.2 Å². The number of rotatable bonds is 9. The van der Waals surface area contributed by atoms with E-state index >= 15 is 0 Å². The summed E-state index contributed by atoms with van der Waals surface area (Å²) in [6, 6.07) is 11.1. The Labute approximate surface area is 166 Å². The fourth-order valence-electron chi connectivity index (χ4n) is 2.91. The van der Waals surface area contributed by atoms with Crippen molar-refractivity contribution in [3.05, 3.63) is 58.0 Å². The average Bonchev–Trinajstić information content (AvgIpc) is 2.71. The monoisotopic (exact) mass is 386 g/mol. The molecule has 2 N–H and O–H groups in total. The first-order valence-electron chi connectivity index (χ1n) is 9.41. The standard InChI is InChI=1S/C21H30N4O3/c1-16-8-7-9-20(26)25(16)13-6-5-12-23-21(22-2)24-15-17-10-11-18(27-3)14-19(17)28-4/h7-11,14H,5-6,12-13,15H2,1-4H3,(H2,22,23,24). The summed E-state index contributed by atoms with van der Waals surface area (Å²) in [5.41, 5.74) is 2.07. The summed E-state index contributed by atoms with van der Waals surface area (Å²) in [6.07, 6.45) is 1.86. The van der Waals surface area contributed by atoms with E-state index < -0.39 is 0 Å². The van der Waals surface area contributed by atoms with Gasteiger partial charge in [0.2, 0.25) is 0 Å². The maximum absolute atomic E-state index is 11.9. The number of ether oxygens (including phenoxy) is 2. The van der Waals surface area contributed by atoms with Crippen LogP contribution in [0.25, 0.3) is 0 Å². The number of hydrogen-bond acceptors (Lipinski definition) is 4. The number of pyridine rings is 1. The van der Waals surface area contributed by atoms with E-state index in [2.05, 4.69) is 15.6 Å². The molecule has 7 nitrogen and oxygen atoms in total. The third-order valence-corrected chi connectivity index (χ3v) is 4.53. The van der Waals surface area contributed by atoms with E-state index in [0.29, 0.717) is 6.54 Å². The number of methoxy groups -OCH3 is 2. The molecule has 2 aromatic rings. The Morgan fingerprint density at radius 1 is 1.11 bits per heavy atom. The molecule has 0 fully saturated rings. The fraction of sp³-hybridized carbons (Fsp3) is 0.429. The van der Waals surface area contributed by atoms with Crippen LogP contribution in [0, 0.1) is 6.92 Å². The molecule has 0 amide bonds. The summed E-state index contributed by atoms with van der Waals surface area (Å²) in [5, 5.41) is 6.59. The zero-order chi connectivity index (χ0) is 20.4. The molecule has 1 heterocycles. The minimum atomic E-state index is 0.0545. The number of benzene rings is 1. The van der Waals surface area contributed by atoms with Crippen LogP contribution in [0.1, 0.15) is 24.1 Å². The van der Waals surface area contributed by atoms with Crippen molar-refractivity contribution in [2.75, 3.05) is 27.8 Å². The van der Waals surface area contributed by atoms with Gasteiger partial charge < -0.3 is 24.7 Å². The minimum Gasteiger partial charge on any atom is -0.497 e. The number of aliphatic imine (C=N–C) groups is 1. The summed E-state index contributed by atoms with van der Waals surface area (Å²) >= 11 is 0. The number of hydrogen-bond donors (Lipinski definition) is 2. The maximum Gasteiger partial charge on any atom is 0.250 e. The van der Waals surface area contributed by atoms with E-state index in [0.717, 1.165) is 54.6 Å². The van der Waals surface area contributed by atoms with Gasteiger partial charge in [0.1, 0.15) is 11.5 Å². The molecule has 7 heteroatoms. The average molecular weight is 386 g/mol. The van der Waals surface area contributed by atoms with Crippen LogP contribution >= 0.6 is 0 Å². The van der Waals surface area contributed by atoms with Gasteiger partial charge in [-0.2, -0.15) is 0 Å². The van der Waals surface area contributed by atoms with Crippen molar-refractivity contribution in [2.24, 2.45) is 4.99 Å². The number of nitrogens with one attached hydrogen (secondary N) is 2. The van der Waals surface area contributed by atoms with Crippen LogP contribution in [0.4, 0.5) is 0 Å². The highest BCUT2D eigenvalue weighted by Crippen LogP contribution is 2.24. The highest BCUT2D eigenvalue weighted by molar-refractivity contribution is 5.79. The van der Waals surface area contributed by atoms with Gasteiger partial charge in [0.25, 0.3) is 5.56 Å². The number of aromatic nitrogens is 1. The van der Waals surface area contributed by atoms with Crippen LogP contribution in [0.5, 0.6) is 11.5 Å². The van der Waals surface area contributed by atoms with Crippen LogP contribution in [0.15, 0.2) is 46.2 Å².